The molecule has 0 saturated carbocycles. The predicted molar refractivity (Wildman–Crippen MR) is 109 cm³/mol. The molecule has 6 heteroatoms. The first-order valence-electron chi connectivity index (χ1n) is 9.38. The second kappa shape index (κ2) is 7.47. The van der Waals surface area contributed by atoms with Crippen LogP contribution < -0.4 is 9.47 Å². The van der Waals surface area contributed by atoms with Gasteiger partial charge < -0.3 is 18.8 Å². The van der Waals surface area contributed by atoms with Gasteiger partial charge in [0.1, 0.15) is 11.5 Å². The third-order valence-corrected chi connectivity index (χ3v) is 5.06. The van der Waals surface area contributed by atoms with Gasteiger partial charge in [0.15, 0.2) is 12.4 Å². The molecule has 2 aromatic carbocycles. The molecule has 0 N–H and O–H groups in total. The van der Waals surface area contributed by atoms with Crippen LogP contribution in [0.3, 0.4) is 0 Å². The van der Waals surface area contributed by atoms with Crippen molar-refractivity contribution >= 4 is 28.7 Å². The first-order chi connectivity index (χ1) is 14.0. The van der Waals surface area contributed by atoms with Gasteiger partial charge in [-0.15, -0.1) is 0 Å². The zero-order valence-corrected chi connectivity index (χ0v) is 16.5. The number of hydrogen-bond acceptors (Lipinski definition) is 5. The van der Waals surface area contributed by atoms with Gasteiger partial charge in [-0.2, -0.15) is 0 Å². The molecule has 1 aromatic heterocycles. The van der Waals surface area contributed by atoms with Crippen LogP contribution >= 0.6 is 0 Å². The number of aromatic nitrogens is 1. The van der Waals surface area contributed by atoms with Crippen molar-refractivity contribution in [2.75, 3.05) is 13.7 Å². The van der Waals surface area contributed by atoms with E-state index < -0.39 is 5.97 Å². The van der Waals surface area contributed by atoms with Crippen LogP contribution in [0.2, 0.25) is 0 Å². The van der Waals surface area contributed by atoms with Gasteiger partial charge in [-0.05, 0) is 38.1 Å². The number of nitrogens with zero attached hydrogens (tertiary/aromatic N) is 1. The number of aryl methyl sites for hydroxylation is 1. The Kier molecular flexibility index (Phi) is 4.84. The van der Waals surface area contributed by atoms with E-state index in [4.69, 9.17) is 9.47 Å². The van der Waals surface area contributed by atoms with Gasteiger partial charge in [0.2, 0.25) is 5.78 Å². The Labute approximate surface area is 168 Å². The van der Waals surface area contributed by atoms with E-state index in [1.54, 1.807) is 25.1 Å². The maximum Gasteiger partial charge on any atom is 0.343 e. The van der Waals surface area contributed by atoms with E-state index >= 15 is 0 Å². The number of methoxy groups -OCH3 is 1. The topological polar surface area (TPSA) is 66.8 Å². The number of Topliss-reactive ketones (excluding diaryl/α,β-unsaturated/α-hetero) is 1. The normalized spacial score (nSPS) is 14.2. The van der Waals surface area contributed by atoms with Crippen molar-refractivity contribution in [3.8, 4) is 11.5 Å². The quantitative estimate of drug-likeness (QED) is 0.483. The molecule has 0 saturated heterocycles. The molecule has 1 aliphatic heterocycles. The molecule has 2 heterocycles. The molecule has 0 unspecified atom stereocenters. The third kappa shape index (κ3) is 3.27. The highest BCUT2D eigenvalue weighted by atomic mass is 16.6. The van der Waals surface area contributed by atoms with E-state index in [0.717, 1.165) is 23.0 Å². The van der Waals surface area contributed by atoms with Crippen molar-refractivity contribution in [1.82, 2.24) is 4.57 Å². The smallest absolute Gasteiger partial charge is 0.343 e. The minimum Gasteiger partial charge on any atom is -0.481 e. The fourth-order valence-electron chi connectivity index (χ4n) is 3.51. The summed E-state index contributed by atoms with van der Waals surface area (Å²) in [7, 11) is 1.30. The Balaban J connectivity index is 1.68. The Morgan fingerprint density at radius 1 is 1.21 bits per heavy atom. The number of ketones is 1. The summed E-state index contributed by atoms with van der Waals surface area (Å²) in [5.41, 5.74) is 3.19. The number of allylic oxidation sites excluding steroid dienone is 1. The fourth-order valence-corrected chi connectivity index (χ4v) is 3.51. The molecule has 3 aromatic rings. The fraction of sp³-hybridized carbons (Fsp3) is 0.217. The molecule has 4 rings (SSSR count). The van der Waals surface area contributed by atoms with Crippen LogP contribution in [-0.4, -0.2) is 30.0 Å². The van der Waals surface area contributed by atoms with Crippen LogP contribution in [0.4, 0.5) is 0 Å². The molecule has 0 aliphatic carbocycles. The number of esters is 1. The number of para-hydroxylation sites is 1. The van der Waals surface area contributed by atoms with Crippen LogP contribution in [0, 0.1) is 6.92 Å². The average Bonchev–Trinajstić information content (AvgIpc) is 3.26. The van der Waals surface area contributed by atoms with Gasteiger partial charge in [0.05, 0.1) is 12.7 Å². The summed E-state index contributed by atoms with van der Waals surface area (Å²) < 4.78 is 18.1. The van der Waals surface area contributed by atoms with Crippen LogP contribution in [0.15, 0.2) is 48.4 Å². The summed E-state index contributed by atoms with van der Waals surface area (Å²) in [4.78, 5) is 24.2. The number of rotatable bonds is 5. The largest absolute Gasteiger partial charge is 0.481 e. The summed E-state index contributed by atoms with van der Waals surface area (Å²) in [5, 5.41) is 1.06. The van der Waals surface area contributed by atoms with Crippen molar-refractivity contribution in [1.29, 1.82) is 0 Å². The Bertz CT molecular complexity index is 1160. The Morgan fingerprint density at radius 2 is 2.00 bits per heavy atom. The summed E-state index contributed by atoms with van der Waals surface area (Å²) in [6, 6.07) is 11.4. The predicted octanol–water partition coefficient (Wildman–Crippen LogP) is 4.14. The summed E-state index contributed by atoms with van der Waals surface area (Å²) in [6.45, 7) is 4.50. The molecule has 0 spiro atoms. The lowest BCUT2D eigenvalue weighted by Crippen LogP contribution is -2.13. The third-order valence-electron chi connectivity index (χ3n) is 5.06. The average molecular weight is 391 g/mol. The van der Waals surface area contributed by atoms with Gasteiger partial charge in [0.25, 0.3) is 0 Å². The van der Waals surface area contributed by atoms with Crippen LogP contribution in [-0.2, 0) is 16.1 Å². The van der Waals surface area contributed by atoms with E-state index in [0.29, 0.717) is 22.6 Å². The summed E-state index contributed by atoms with van der Waals surface area (Å²) in [5.74, 6) is 0.562. The second-order valence-electron chi connectivity index (χ2n) is 6.76. The molecular weight excluding hydrogens is 370 g/mol. The van der Waals surface area contributed by atoms with E-state index in [-0.39, 0.29) is 18.1 Å². The Hall–Kier alpha value is -3.54. The lowest BCUT2D eigenvalue weighted by molar-refractivity contribution is -0.142. The van der Waals surface area contributed by atoms with Crippen LogP contribution in [0.25, 0.3) is 17.0 Å². The van der Waals surface area contributed by atoms with E-state index in [1.165, 1.54) is 7.11 Å². The molecule has 29 heavy (non-hydrogen) atoms. The zero-order valence-electron chi connectivity index (χ0n) is 16.5. The molecule has 0 amide bonds. The van der Waals surface area contributed by atoms with Crippen LogP contribution in [0.5, 0.6) is 11.5 Å². The number of benzene rings is 2. The highest BCUT2D eigenvalue weighted by Crippen LogP contribution is 2.39. The van der Waals surface area contributed by atoms with Gasteiger partial charge in [-0.3, -0.25) is 4.79 Å². The van der Waals surface area contributed by atoms with Crippen molar-refractivity contribution < 1.29 is 23.8 Å². The standard InChI is InChI=1S/C23H21NO5/c1-4-24-12-15(16-7-5-6-8-18(16)24)11-20-22(26)17-9-10-19(14(2)23(17)29-20)28-13-21(25)27-3/h5-12H,4,13H2,1-3H3. The number of carbonyl (C=O) groups excluding carboxylic acids is 2. The molecule has 0 radical (unpaired) electrons. The van der Waals surface area contributed by atoms with Crippen LogP contribution in [0.1, 0.15) is 28.4 Å². The SMILES string of the molecule is CCn1cc(C=C2Oc3c(ccc(OCC(=O)OC)c3C)C2=O)c2ccccc21. The lowest BCUT2D eigenvalue weighted by atomic mass is 10.1. The summed E-state index contributed by atoms with van der Waals surface area (Å²) >= 11 is 0. The van der Waals surface area contributed by atoms with Gasteiger partial charge >= 0.3 is 5.97 Å². The molecule has 1 aliphatic rings. The number of fused-ring (bicyclic) bond motifs is 2. The second-order valence-corrected chi connectivity index (χ2v) is 6.76. The molecule has 0 fully saturated rings. The first kappa shape index (κ1) is 18.8. The van der Waals surface area contributed by atoms with Crippen molar-refractivity contribution in [3.63, 3.8) is 0 Å². The highest BCUT2D eigenvalue weighted by Gasteiger charge is 2.30. The van der Waals surface area contributed by atoms with Crippen molar-refractivity contribution in [2.24, 2.45) is 0 Å². The number of hydrogen-bond donors (Lipinski definition) is 0. The summed E-state index contributed by atoms with van der Waals surface area (Å²) in [6.07, 6.45) is 3.81. The Morgan fingerprint density at radius 3 is 2.76 bits per heavy atom. The van der Waals surface area contributed by atoms with E-state index in [9.17, 15) is 9.59 Å². The van der Waals surface area contributed by atoms with E-state index in [1.807, 2.05) is 24.4 Å². The monoisotopic (exact) mass is 391 g/mol. The minimum atomic E-state index is -0.477. The van der Waals surface area contributed by atoms with Gasteiger partial charge in [-0.1, -0.05) is 18.2 Å². The molecule has 0 atom stereocenters. The maximum absolute atomic E-state index is 12.9. The van der Waals surface area contributed by atoms with Crippen molar-refractivity contribution in [3.05, 3.63) is 65.0 Å². The number of ether oxygens (including phenoxy) is 3. The molecule has 148 valence electrons. The molecular formula is C23H21NO5. The lowest BCUT2D eigenvalue weighted by Gasteiger charge is -2.10. The zero-order chi connectivity index (χ0) is 20.5. The molecule has 0 bridgehead atoms. The van der Waals surface area contributed by atoms with E-state index in [2.05, 4.69) is 22.3 Å². The van der Waals surface area contributed by atoms with Gasteiger partial charge in [-0.25, -0.2) is 4.79 Å². The number of carbonyl (C=O) groups is 2. The highest BCUT2D eigenvalue weighted by molar-refractivity contribution is 6.15. The minimum absolute atomic E-state index is 0.170. The van der Waals surface area contributed by atoms with Gasteiger partial charge in [0, 0.05) is 34.8 Å². The maximum atomic E-state index is 12.9. The molecule has 6 nitrogen and oxygen atoms in total. The van der Waals surface area contributed by atoms with Crippen molar-refractivity contribution in [2.45, 2.75) is 20.4 Å². The first-order valence-corrected chi connectivity index (χ1v) is 9.38.